The molecule has 3 heteroatoms. The minimum atomic E-state index is -1.07. The van der Waals surface area contributed by atoms with E-state index in [1.807, 2.05) is 6.92 Å². The summed E-state index contributed by atoms with van der Waals surface area (Å²) in [5, 5.41) is 18.6. The summed E-state index contributed by atoms with van der Waals surface area (Å²) >= 11 is 0. The van der Waals surface area contributed by atoms with E-state index in [4.69, 9.17) is 5.11 Å². The standard InChI is InChI=1S/C17H26O3/c1-3-4-5-6-7-8-9-10-14-12-15(17(19)20)16(18)11-13(14)2/h11-12,18H,3-10H2,1-2H3,(H,19,20). The fraction of sp³-hybridized carbons (Fsp3) is 0.588. The maximum Gasteiger partial charge on any atom is 0.339 e. The number of carboxylic acids is 1. The first-order valence-electron chi connectivity index (χ1n) is 7.62. The van der Waals surface area contributed by atoms with Crippen LogP contribution in [-0.4, -0.2) is 16.2 Å². The van der Waals surface area contributed by atoms with Gasteiger partial charge in [0.1, 0.15) is 11.3 Å². The lowest BCUT2D eigenvalue weighted by atomic mass is 9.98. The Labute approximate surface area is 121 Å². The fourth-order valence-corrected chi connectivity index (χ4v) is 2.45. The van der Waals surface area contributed by atoms with Gasteiger partial charge in [-0.1, -0.05) is 45.4 Å². The molecule has 0 heterocycles. The minimum absolute atomic E-state index is 0.00791. The number of carboxylic acid groups (broad SMARTS) is 1. The molecule has 0 atom stereocenters. The van der Waals surface area contributed by atoms with E-state index in [2.05, 4.69) is 6.92 Å². The fourth-order valence-electron chi connectivity index (χ4n) is 2.45. The zero-order chi connectivity index (χ0) is 15.0. The van der Waals surface area contributed by atoms with Crippen molar-refractivity contribution in [1.29, 1.82) is 0 Å². The number of hydrogen-bond donors (Lipinski definition) is 2. The van der Waals surface area contributed by atoms with E-state index in [-0.39, 0.29) is 11.3 Å². The van der Waals surface area contributed by atoms with Crippen molar-refractivity contribution in [3.63, 3.8) is 0 Å². The van der Waals surface area contributed by atoms with Gasteiger partial charge in [-0.05, 0) is 43.0 Å². The number of aromatic hydroxyl groups is 1. The normalized spacial score (nSPS) is 10.7. The van der Waals surface area contributed by atoms with Gasteiger partial charge >= 0.3 is 5.97 Å². The summed E-state index contributed by atoms with van der Waals surface area (Å²) < 4.78 is 0. The first kappa shape index (κ1) is 16.5. The highest BCUT2D eigenvalue weighted by Gasteiger charge is 2.12. The molecular formula is C17H26O3. The third-order valence-electron chi connectivity index (χ3n) is 3.73. The summed E-state index contributed by atoms with van der Waals surface area (Å²) in [7, 11) is 0. The Kier molecular flexibility index (Phi) is 7.13. The first-order chi connectivity index (χ1) is 9.56. The molecule has 0 aliphatic carbocycles. The molecule has 112 valence electrons. The molecule has 2 N–H and O–H groups in total. The molecule has 0 aliphatic rings. The van der Waals surface area contributed by atoms with E-state index < -0.39 is 5.97 Å². The number of rotatable bonds is 9. The second-order valence-electron chi connectivity index (χ2n) is 5.47. The molecule has 1 aromatic rings. The van der Waals surface area contributed by atoms with Gasteiger partial charge < -0.3 is 10.2 Å². The van der Waals surface area contributed by atoms with Gasteiger partial charge in [-0.2, -0.15) is 0 Å². The predicted molar refractivity (Wildman–Crippen MR) is 81.5 cm³/mol. The van der Waals surface area contributed by atoms with Crippen molar-refractivity contribution in [3.8, 4) is 5.75 Å². The molecule has 0 saturated carbocycles. The van der Waals surface area contributed by atoms with Gasteiger partial charge in [-0.25, -0.2) is 4.79 Å². The molecule has 0 bridgehead atoms. The van der Waals surface area contributed by atoms with Crippen molar-refractivity contribution in [3.05, 3.63) is 28.8 Å². The van der Waals surface area contributed by atoms with E-state index in [0.717, 1.165) is 24.0 Å². The zero-order valence-corrected chi connectivity index (χ0v) is 12.6. The highest BCUT2D eigenvalue weighted by Crippen LogP contribution is 2.23. The van der Waals surface area contributed by atoms with Crippen LogP contribution in [0.25, 0.3) is 0 Å². The molecule has 0 saturated heterocycles. The Bertz CT molecular complexity index is 438. The Balaban J connectivity index is 2.44. The number of phenols is 1. The number of unbranched alkanes of at least 4 members (excludes halogenated alkanes) is 6. The molecule has 0 amide bonds. The average Bonchev–Trinajstić information content (AvgIpc) is 2.39. The van der Waals surface area contributed by atoms with E-state index in [9.17, 15) is 9.90 Å². The van der Waals surface area contributed by atoms with Crippen LogP contribution in [0.15, 0.2) is 12.1 Å². The lowest BCUT2D eigenvalue weighted by Crippen LogP contribution is -2.00. The lowest BCUT2D eigenvalue weighted by Gasteiger charge is -2.09. The van der Waals surface area contributed by atoms with Crippen LogP contribution >= 0.6 is 0 Å². The SMILES string of the molecule is CCCCCCCCCc1cc(C(=O)O)c(O)cc1C. The molecule has 0 spiro atoms. The summed E-state index contributed by atoms with van der Waals surface area (Å²) in [5.41, 5.74) is 2.01. The van der Waals surface area contributed by atoms with Gasteiger partial charge in [0.25, 0.3) is 0 Å². The van der Waals surface area contributed by atoms with Crippen LogP contribution in [0.5, 0.6) is 5.75 Å². The highest BCUT2D eigenvalue weighted by molar-refractivity contribution is 5.91. The maximum absolute atomic E-state index is 11.0. The van der Waals surface area contributed by atoms with Crippen LogP contribution in [0.3, 0.4) is 0 Å². The van der Waals surface area contributed by atoms with Crippen LogP contribution in [0, 0.1) is 6.92 Å². The van der Waals surface area contributed by atoms with E-state index >= 15 is 0 Å². The predicted octanol–water partition coefficient (Wildman–Crippen LogP) is 4.69. The van der Waals surface area contributed by atoms with Crippen molar-refractivity contribution in [2.24, 2.45) is 0 Å². The maximum atomic E-state index is 11.0. The van der Waals surface area contributed by atoms with Crippen LogP contribution < -0.4 is 0 Å². The number of carbonyl (C=O) groups is 1. The van der Waals surface area contributed by atoms with Crippen molar-refractivity contribution < 1.29 is 15.0 Å². The second-order valence-corrected chi connectivity index (χ2v) is 5.47. The number of aromatic carboxylic acids is 1. The average molecular weight is 278 g/mol. The van der Waals surface area contributed by atoms with Crippen molar-refractivity contribution >= 4 is 5.97 Å². The largest absolute Gasteiger partial charge is 0.507 e. The van der Waals surface area contributed by atoms with Crippen LogP contribution in [0.4, 0.5) is 0 Å². The third kappa shape index (κ3) is 5.24. The van der Waals surface area contributed by atoms with Crippen LogP contribution in [0.2, 0.25) is 0 Å². The number of benzene rings is 1. The zero-order valence-electron chi connectivity index (χ0n) is 12.6. The first-order valence-corrected chi connectivity index (χ1v) is 7.62. The summed E-state index contributed by atoms with van der Waals surface area (Å²) in [5.74, 6) is -1.21. The van der Waals surface area contributed by atoms with Gasteiger partial charge in [-0.15, -0.1) is 0 Å². The second kappa shape index (κ2) is 8.62. The molecule has 0 fully saturated rings. The molecular weight excluding hydrogens is 252 g/mol. The van der Waals surface area contributed by atoms with E-state index in [1.54, 1.807) is 12.1 Å². The number of aryl methyl sites for hydroxylation is 2. The molecule has 0 aliphatic heterocycles. The monoisotopic (exact) mass is 278 g/mol. The molecule has 0 unspecified atom stereocenters. The molecule has 0 radical (unpaired) electrons. The van der Waals surface area contributed by atoms with Gasteiger partial charge in [0, 0.05) is 0 Å². The molecule has 1 aromatic carbocycles. The summed E-state index contributed by atoms with van der Waals surface area (Å²) in [4.78, 5) is 11.0. The van der Waals surface area contributed by atoms with Gasteiger partial charge in [-0.3, -0.25) is 0 Å². The smallest absolute Gasteiger partial charge is 0.339 e. The quantitative estimate of drug-likeness (QED) is 0.644. The van der Waals surface area contributed by atoms with Gasteiger partial charge in [0.15, 0.2) is 0 Å². The topological polar surface area (TPSA) is 57.5 Å². The molecule has 1 rings (SSSR count). The Morgan fingerprint density at radius 2 is 1.65 bits per heavy atom. The highest BCUT2D eigenvalue weighted by atomic mass is 16.4. The van der Waals surface area contributed by atoms with Crippen LogP contribution in [0.1, 0.15) is 73.4 Å². The van der Waals surface area contributed by atoms with Crippen LogP contribution in [-0.2, 0) is 6.42 Å². The van der Waals surface area contributed by atoms with Crippen molar-refractivity contribution in [2.75, 3.05) is 0 Å². The lowest BCUT2D eigenvalue weighted by molar-refractivity contribution is 0.0693. The Hall–Kier alpha value is -1.51. The molecule has 0 aromatic heterocycles. The molecule has 3 nitrogen and oxygen atoms in total. The van der Waals surface area contributed by atoms with Gasteiger partial charge in [0.05, 0.1) is 0 Å². The summed E-state index contributed by atoms with van der Waals surface area (Å²) in [6, 6.07) is 3.17. The third-order valence-corrected chi connectivity index (χ3v) is 3.73. The summed E-state index contributed by atoms with van der Waals surface area (Å²) in [6.45, 7) is 4.13. The van der Waals surface area contributed by atoms with E-state index in [1.165, 1.54) is 38.5 Å². The Morgan fingerprint density at radius 3 is 2.25 bits per heavy atom. The number of hydrogen-bond acceptors (Lipinski definition) is 2. The van der Waals surface area contributed by atoms with Gasteiger partial charge in [0.2, 0.25) is 0 Å². The minimum Gasteiger partial charge on any atom is -0.507 e. The van der Waals surface area contributed by atoms with E-state index in [0.29, 0.717) is 0 Å². The summed E-state index contributed by atoms with van der Waals surface area (Å²) in [6.07, 6.45) is 9.61. The van der Waals surface area contributed by atoms with Crippen molar-refractivity contribution in [2.45, 2.75) is 65.2 Å². The Morgan fingerprint density at radius 1 is 1.05 bits per heavy atom. The van der Waals surface area contributed by atoms with Crippen molar-refractivity contribution in [1.82, 2.24) is 0 Å². The molecule has 20 heavy (non-hydrogen) atoms.